The van der Waals surface area contributed by atoms with Gasteiger partial charge in [-0.2, -0.15) is 0 Å². The summed E-state index contributed by atoms with van der Waals surface area (Å²) in [6.45, 7) is 0.791. The molecule has 2 aromatic carbocycles. The first kappa shape index (κ1) is 20.2. The Balaban J connectivity index is 1.49. The Labute approximate surface area is 169 Å². The van der Waals surface area contributed by atoms with Crippen molar-refractivity contribution >= 4 is 11.8 Å². The van der Waals surface area contributed by atoms with Gasteiger partial charge < -0.3 is 10.6 Å². The number of halogens is 1. The van der Waals surface area contributed by atoms with Crippen LogP contribution in [0.15, 0.2) is 72.9 Å². The molecule has 0 aliphatic heterocycles. The summed E-state index contributed by atoms with van der Waals surface area (Å²) in [7, 11) is 0. The van der Waals surface area contributed by atoms with E-state index in [1.165, 1.54) is 30.0 Å². The zero-order chi connectivity index (χ0) is 20.5. The topological polar surface area (TPSA) is 71.1 Å². The molecule has 0 unspecified atom stereocenters. The Morgan fingerprint density at radius 3 is 2.38 bits per heavy atom. The number of hydrogen-bond donors (Lipinski definition) is 2. The lowest BCUT2D eigenvalue weighted by molar-refractivity contribution is 0.0946. The molecule has 1 heterocycles. The lowest BCUT2D eigenvalue weighted by atomic mass is 10.1. The van der Waals surface area contributed by atoms with Crippen molar-refractivity contribution in [2.45, 2.75) is 19.4 Å². The second-order valence-electron chi connectivity index (χ2n) is 6.58. The number of pyridine rings is 1. The fourth-order valence-corrected chi connectivity index (χ4v) is 2.81. The van der Waals surface area contributed by atoms with Crippen LogP contribution in [0.2, 0.25) is 0 Å². The van der Waals surface area contributed by atoms with E-state index >= 15 is 0 Å². The third kappa shape index (κ3) is 6.24. The highest BCUT2D eigenvalue weighted by Gasteiger charge is 2.11. The average Bonchev–Trinajstić information content (AvgIpc) is 2.77. The average molecular weight is 391 g/mol. The predicted molar refractivity (Wildman–Crippen MR) is 109 cm³/mol. The van der Waals surface area contributed by atoms with Gasteiger partial charge in [-0.05, 0) is 48.2 Å². The molecule has 6 heteroatoms. The summed E-state index contributed by atoms with van der Waals surface area (Å²) < 4.78 is 12.9. The number of rotatable bonds is 8. The van der Waals surface area contributed by atoms with Crippen molar-refractivity contribution in [3.8, 4) is 0 Å². The van der Waals surface area contributed by atoms with Crippen LogP contribution >= 0.6 is 0 Å². The summed E-state index contributed by atoms with van der Waals surface area (Å²) >= 11 is 0. The van der Waals surface area contributed by atoms with Crippen molar-refractivity contribution in [1.82, 2.24) is 15.6 Å². The molecule has 3 rings (SSSR count). The zero-order valence-corrected chi connectivity index (χ0v) is 15.9. The third-order valence-electron chi connectivity index (χ3n) is 4.39. The van der Waals surface area contributed by atoms with E-state index in [4.69, 9.17) is 0 Å². The van der Waals surface area contributed by atoms with E-state index in [9.17, 15) is 14.0 Å². The normalized spacial score (nSPS) is 10.4. The Bertz CT molecular complexity index is 959. The molecular formula is C23H22FN3O2. The van der Waals surface area contributed by atoms with E-state index in [1.54, 1.807) is 18.2 Å². The molecule has 2 amide bonds. The van der Waals surface area contributed by atoms with Gasteiger partial charge in [0.1, 0.15) is 11.5 Å². The maximum Gasteiger partial charge on any atom is 0.270 e. The molecular weight excluding hydrogens is 369 g/mol. The highest BCUT2D eigenvalue weighted by atomic mass is 19.1. The first-order valence-electron chi connectivity index (χ1n) is 9.42. The summed E-state index contributed by atoms with van der Waals surface area (Å²) in [5.41, 5.74) is 2.54. The van der Waals surface area contributed by atoms with Crippen LogP contribution < -0.4 is 10.6 Å². The van der Waals surface area contributed by atoms with E-state index < -0.39 is 5.91 Å². The highest BCUT2D eigenvalue weighted by Crippen LogP contribution is 2.06. The lowest BCUT2D eigenvalue weighted by Gasteiger charge is -2.08. The van der Waals surface area contributed by atoms with Crippen LogP contribution in [0.5, 0.6) is 0 Å². The third-order valence-corrected chi connectivity index (χ3v) is 4.39. The largest absolute Gasteiger partial charge is 0.352 e. The van der Waals surface area contributed by atoms with Crippen molar-refractivity contribution in [2.75, 3.05) is 6.54 Å². The summed E-state index contributed by atoms with van der Waals surface area (Å²) in [5.74, 6) is -0.967. The predicted octanol–water partition coefficient (Wildman–Crippen LogP) is 3.51. The number of aryl methyl sites for hydroxylation is 1. The monoisotopic (exact) mass is 391 g/mol. The van der Waals surface area contributed by atoms with Crippen LogP contribution in [0, 0.1) is 5.82 Å². The van der Waals surface area contributed by atoms with E-state index in [-0.39, 0.29) is 24.0 Å². The molecule has 0 atom stereocenters. The minimum absolute atomic E-state index is 0.157. The Hall–Kier alpha value is -3.54. The fourth-order valence-electron chi connectivity index (χ4n) is 2.81. The number of amides is 2. The number of carbonyl (C=O) groups is 2. The molecule has 0 aliphatic rings. The molecule has 3 aromatic rings. The molecule has 0 aliphatic carbocycles. The first-order valence-corrected chi connectivity index (χ1v) is 9.42. The van der Waals surface area contributed by atoms with Gasteiger partial charge in [-0.3, -0.25) is 14.6 Å². The van der Waals surface area contributed by atoms with Crippen molar-refractivity contribution in [3.63, 3.8) is 0 Å². The van der Waals surface area contributed by atoms with Gasteiger partial charge in [0, 0.05) is 24.8 Å². The number of carbonyl (C=O) groups excluding carboxylic acids is 2. The van der Waals surface area contributed by atoms with Gasteiger partial charge in [-0.25, -0.2) is 4.39 Å². The van der Waals surface area contributed by atoms with Crippen molar-refractivity contribution in [1.29, 1.82) is 0 Å². The molecule has 5 nitrogen and oxygen atoms in total. The van der Waals surface area contributed by atoms with Gasteiger partial charge in [-0.1, -0.05) is 42.5 Å². The van der Waals surface area contributed by atoms with E-state index in [0.717, 1.165) is 18.4 Å². The lowest BCUT2D eigenvalue weighted by Crippen LogP contribution is -2.27. The van der Waals surface area contributed by atoms with Crippen molar-refractivity contribution in [2.24, 2.45) is 0 Å². The second kappa shape index (κ2) is 10.1. The molecule has 0 fully saturated rings. The van der Waals surface area contributed by atoms with E-state index in [2.05, 4.69) is 27.8 Å². The maximum atomic E-state index is 12.9. The minimum Gasteiger partial charge on any atom is -0.352 e. The highest BCUT2D eigenvalue weighted by molar-refractivity contribution is 5.98. The number of hydrogen-bond acceptors (Lipinski definition) is 3. The molecule has 29 heavy (non-hydrogen) atoms. The van der Waals surface area contributed by atoms with Gasteiger partial charge in [0.25, 0.3) is 11.8 Å². The van der Waals surface area contributed by atoms with Crippen molar-refractivity contribution in [3.05, 3.63) is 101 Å². The van der Waals surface area contributed by atoms with Crippen LogP contribution in [0.3, 0.4) is 0 Å². The van der Waals surface area contributed by atoms with Crippen LogP contribution in [0.1, 0.15) is 38.4 Å². The number of aromatic nitrogens is 1. The Morgan fingerprint density at radius 1 is 0.862 bits per heavy atom. The minimum atomic E-state index is -0.395. The second-order valence-corrected chi connectivity index (χ2v) is 6.58. The number of nitrogens with zero attached hydrogens (tertiary/aromatic N) is 1. The maximum absolute atomic E-state index is 12.9. The van der Waals surface area contributed by atoms with Gasteiger partial charge in [0.05, 0.1) is 0 Å². The summed E-state index contributed by atoms with van der Waals surface area (Å²) in [4.78, 5) is 28.7. The summed E-state index contributed by atoms with van der Waals surface area (Å²) in [6, 6.07) is 19.0. The standard InChI is InChI=1S/C23H22FN3O2/c24-20-10-8-18(9-11-20)16-27-23(29)21-15-19(12-14-25-21)22(28)26-13-4-7-17-5-2-1-3-6-17/h1-3,5-6,8-12,14-15H,4,7,13,16H2,(H,26,28)(H,27,29). The van der Waals surface area contributed by atoms with Crippen LogP contribution in [0.25, 0.3) is 0 Å². The molecule has 2 N–H and O–H groups in total. The Morgan fingerprint density at radius 2 is 1.62 bits per heavy atom. The zero-order valence-electron chi connectivity index (χ0n) is 15.9. The van der Waals surface area contributed by atoms with Crippen LogP contribution in [-0.4, -0.2) is 23.3 Å². The fraction of sp³-hybridized carbons (Fsp3) is 0.174. The van der Waals surface area contributed by atoms with Gasteiger partial charge in [0.15, 0.2) is 0 Å². The SMILES string of the molecule is O=C(NCCCc1ccccc1)c1ccnc(C(=O)NCc2ccc(F)cc2)c1. The van der Waals surface area contributed by atoms with Gasteiger partial charge in [0.2, 0.25) is 0 Å². The van der Waals surface area contributed by atoms with Crippen LogP contribution in [-0.2, 0) is 13.0 Å². The number of nitrogens with one attached hydrogen (secondary N) is 2. The first-order chi connectivity index (χ1) is 14.1. The van der Waals surface area contributed by atoms with E-state index in [0.29, 0.717) is 12.1 Å². The smallest absolute Gasteiger partial charge is 0.270 e. The van der Waals surface area contributed by atoms with E-state index in [1.807, 2.05) is 18.2 Å². The molecule has 0 radical (unpaired) electrons. The van der Waals surface area contributed by atoms with Gasteiger partial charge >= 0.3 is 0 Å². The molecule has 1 aromatic heterocycles. The summed E-state index contributed by atoms with van der Waals surface area (Å²) in [6.07, 6.45) is 3.14. The quantitative estimate of drug-likeness (QED) is 0.577. The molecule has 0 saturated carbocycles. The molecule has 0 bridgehead atoms. The van der Waals surface area contributed by atoms with Crippen molar-refractivity contribution < 1.29 is 14.0 Å². The summed E-state index contributed by atoms with van der Waals surface area (Å²) in [5, 5.41) is 5.58. The molecule has 148 valence electrons. The molecule has 0 spiro atoms. The Kier molecular flexibility index (Phi) is 7.05. The number of benzene rings is 2. The van der Waals surface area contributed by atoms with Crippen LogP contribution in [0.4, 0.5) is 4.39 Å². The molecule has 0 saturated heterocycles. The van der Waals surface area contributed by atoms with Gasteiger partial charge in [-0.15, -0.1) is 0 Å².